The van der Waals surface area contributed by atoms with Crippen LogP contribution in [0, 0.1) is 0 Å². The van der Waals surface area contributed by atoms with Crippen molar-refractivity contribution in [1.29, 1.82) is 0 Å². The molecule has 0 heterocycles. The van der Waals surface area contributed by atoms with E-state index in [0.29, 0.717) is 0 Å². The fourth-order valence-electron chi connectivity index (χ4n) is 0.868. The molecule has 0 amide bonds. The predicted octanol–water partition coefficient (Wildman–Crippen LogP) is 3.41. The molecule has 0 fully saturated rings. The van der Waals surface area contributed by atoms with Gasteiger partial charge in [0.1, 0.15) is 0 Å². The summed E-state index contributed by atoms with van der Waals surface area (Å²) in [7, 11) is 0. The molecule has 1 atom stereocenters. The third kappa shape index (κ3) is 3.12. The normalized spacial score (nSPS) is 12.2. The lowest BCUT2D eigenvalue weighted by Gasteiger charge is -2.11. The van der Waals surface area contributed by atoms with Crippen molar-refractivity contribution in [2.75, 3.05) is 0 Å². The number of benzene rings is 1. The number of ether oxygens (including phenoxy) is 1. The van der Waals surface area contributed by atoms with Gasteiger partial charge in [-0.05, 0) is 22.0 Å². The second-order valence-corrected chi connectivity index (χ2v) is 4.13. The van der Waals surface area contributed by atoms with Crippen LogP contribution in [0.15, 0.2) is 28.7 Å². The molecule has 0 radical (unpaired) electrons. The topological polar surface area (TPSA) is 26.3 Å². The summed E-state index contributed by atoms with van der Waals surface area (Å²) in [5, 5.41) is -0.388. The Morgan fingerprint density at radius 2 is 2.08 bits per heavy atom. The number of alkyl halides is 1. The van der Waals surface area contributed by atoms with E-state index in [-0.39, 0.29) is 11.0 Å². The Hall–Kier alpha value is -0.350. The first-order valence-corrected chi connectivity index (χ1v) is 5.38. The average Bonchev–Trinajstić information content (AvgIpc) is 2.03. The molecule has 0 N–H and O–H groups in total. The van der Waals surface area contributed by atoms with Crippen LogP contribution in [0.25, 0.3) is 0 Å². The van der Waals surface area contributed by atoms with Crippen LogP contribution < -0.4 is 0 Å². The van der Waals surface area contributed by atoms with Crippen molar-refractivity contribution in [2.45, 2.75) is 11.9 Å². The van der Waals surface area contributed by atoms with Crippen LogP contribution >= 0.6 is 31.9 Å². The third-order valence-electron chi connectivity index (χ3n) is 1.42. The Labute approximate surface area is 93.5 Å². The molecule has 70 valence electrons. The van der Waals surface area contributed by atoms with E-state index in [1.54, 1.807) is 0 Å². The molecule has 1 rings (SSSR count). The van der Waals surface area contributed by atoms with Crippen LogP contribution in [0.2, 0.25) is 0 Å². The number of carbonyl (C=O) groups excluding carboxylic acids is 1. The van der Waals surface area contributed by atoms with E-state index in [2.05, 4.69) is 31.9 Å². The van der Waals surface area contributed by atoms with Gasteiger partial charge in [0.15, 0.2) is 5.01 Å². The molecule has 13 heavy (non-hydrogen) atoms. The van der Waals surface area contributed by atoms with E-state index in [1.165, 1.54) is 6.92 Å². The Bertz CT molecular complexity index is 312. The molecule has 0 saturated carbocycles. The number of carbonyl (C=O) groups is 1. The van der Waals surface area contributed by atoms with Gasteiger partial charge in [-0.1, -0.05) is 34.1 Å². The van der Waals surface area contributed by atoms with Gasteiger partial charge in [0.2, 0.25) is 0 Å². The van der Waals surface area contributed by atoms with Gasteiger partial charge in [0, 0.05) is 17.0 Å². The van der Waals surface area contributed by atoms with Crippen LogP contribution in [0.5, 0.6) is 0 Å². The fourth-order valence-corrected chi connectivity index (χ4v) is 2.33. The summed E-state index contributed by atoms with van der Waals surface area (Å²) in [6.45, 7) is 1.38. The van der Waals surface area contributed by atoms with Crippen molar-refractivity contribution in [3.05, 3.63) is 34.3 Å². The molecule has 0 aliphatic carbocycles. The van der Waals surface area contributed by atoms with Gasteiger partial charge in [0.25, 0.3) is 0 Å². The number of esters is 1. The minimum absolute atomic E-state index is 0.308. The van der Waals surface area contributed by atoms with Crippen molar-refractivity contribution in [1.82, 2.24) is 0 Å². The molecule has 0 aromatic heterocycles. The van der Waals surface area contributed by atoms with Crippen molar-refractivity contribution in [3.63, 3.8) is 0 Å². The van der Waals surface area contributed by atoms with Gasteiger partial charge < -0.3 is 4.74 Å². The molecule has 1 aromatic rings. The summed E-state index contributed by atoms with van der Waals surface area (Å²) in [6.07, 6.45) is 0. The zero-order valence-electron chi connectivity index (χ0n) is 6.96. The van der Waals surface area contributed by atoms with E-state index in [0.717, 1.165) is 10.0 Å². The second kappa shape index (κ2) is 4.77. The molecular formula is C9H8Br2O2. The van der Waals surface area contributed by atoms with E-state index in [1.807, 2.05) is 24.3 Å². The maximum absolute atomic E-state index is 10.7. The second-order valence-electron chi connectivity index (χ2n) is 2.45. The number of halogens is 2. The van der Waals surface area contributed by atoms with Gasteiger partial charge >= 0.3 is 5.97 Å². The smallest absolute Gasteiger partial charge is 0.304 e. The zero-order chi connectivity index (χ0) is 9.84. The molecule has 0 saturated heterocycles. The SMILES string of the molecule is CC(=O)OC(Br)c1ccccc1Br. The molecule has 0 spiro atoms. The highest BCUT2D eigenvalue weighted by atomic mass is 79.9. The largest absolute Gasteiger partial charge is 0.446 e. The first-order chi connectivity index (χ1) is 6.11. The summed E-state index contributed by atoms with van der Waals surface area (Å²) in [5.74, 6) is -0.308. The molecule has 1 aromatic carbocycles. The lowest BCUT2D eigenvalue weighted by molar-refractivity contribution is -0.142. The standard InChI is InChI=1S/C9H8Br2O2/c1-6(12)13-9(11)7-4-2-3-5-8(7)10/h2-5,9H,1H3. The minimum Gasteiger partial charge on any atom is -0.446 e. The first-order valence-electron chi connectivity index (χ1n) is 3.67. The summed E-state index contributed by atoms with van der Waals surface area (Å²) in [5.41, 5.74) is 0.901. The Morgan fingerprint density at radius 1 is 1.46 bits per heavy atom. The number of hydrogen-bond acceptors (Lipinski definition) is 2. The zero-order valence-corrected chi connectivity index (χ0v) is 10.1. The maximum atomic E-state index is 10.7. The fraction of sp³-hybridized carbons (Fsp3) is 0.222. The predicted molar refractivity (Wildman–Crippen MR) is 57.6 cm³/mol. The van der Waals surface area contributed by atoms with E-state index < -0.39 is 0 Å². The minimum atomic E-state index is -0.388. The van der Waals surface area contributed by atoms with Crippen LogP contribution in [0.1, 0.15) is 17.5 Å². The van der Waals surface area contributed by atoms with E-state index in [9.17, 15) is 4.79 Å². The van der Waals surface area contributed by atoms with E-state index >= 15 is 0 Å². The molecule has 0 aliphatic heterocycles. The highest BCUT2D eigenvalue weighted by Crippen LogP contribution is 2.30. The van der Waals surface area contributed by atoms with E-state index in [4.69, 9.17) is 4.74 Å². The molecular weight excluding hydrogens is 300 g/mol. The van der Waals surface area contributed by atoms with Crippen LogP contribution in [-0.2, 0) is 9.53 Å². The highest BCUT2D eigenvalue weighted by Gasteiger charge is 2.12. The van der Waals surface area contributed by atoms with Gasteiger partial charge in [-0.3, -0.25) is 4.79 Å². The lowest BCUT2D eigenvalue weighted by Crippen LogP contribution is -2.02. The van der Waals surface area contributed by atoms with Crippen LogP contribution in [-0.4, -0.2) is 5.97 Å². The molecule has 2 nitrogen and oxygen atoms in total. The quantitative estimate of drug-likeness (QED) is 0.618. The van der Waals surface area contributed by atoms with Crippen molar-refractivity contribution < 1.29 is 9.53 Å². The Balaban J connectivity index is 2.82. The third-order valence-corrected chi connectivity index (χ3v) is 2.82. The Kier molecular flexibility index (Phi) is 3.93. The van der Waals surface area contributed by atoms with Crippen LogP contribution in [0.4, 0.5) is 0 Å². The number of hydrogen-bond donors (Lipinski definition) is 0. The van der Waals surface area contributed by atoms with Crippen molar-refractivity contribution in [2.24, 2.45) is 0 Å². The Morgan fingerprint density at radius 3 is 2.62 bits per heavy atom. The molecule has 0 bridgehead atoms. The molecule has 0 aliphatic rings. The molecule has 1 unspecified atom stereocenters. The molecule has 4 heteroatoms. The maximum Gasteiger partial charge on any atom is 0.304 e. The lowest BCUT2D eigenvalue weighted by atomic mass is 10.2. The van der Waals surface area contributed by atoms with Crippen LogP contribution in [0.3, 0.4) is 0 Å². The van der Waals surface area contributed by atoms with Gasteiger partial charge in [-0.2, -0.15) is 0 Å². The van der Waals surface area contributed by atoms with Crippen molar-refractivity contribution >= 4 is 37.8 Å². The van der Waals surface area contributed by atoms with Crippen molar-refractivity contribution in [3.8, 4) is 0 Å². The first kappa shape index (κ1) is 10.7. The van der Waals surface area contributed by atoms with Gasteiger partial charge in [-0.25, -0.2) is 0 Å². The average molecular weight is 308 g/mol. The number of rotatable bonds is 2. The summed E-state index contributed by atoms with van der Waals surface area (Å²) in [6, 6.07) is 7.57. The summed E-state index contributed by atoms with van der Waals surface area (Å²) >= 11 is 6.63. The van der Waals surface area contributed by atoms with Gasteiger partial charge in [0.05, 0.1) is 0 Å². The highest BCUT2D eigenvalue weighted by molar-refractivity contribution is 9.11. The van der Waals surface area contributed by atoms with Gasteiger partial charge in [-0.15, -0.1) is 0 Å². The monoisotopic (exact) mass is 306 g/mol. The summed E-state index contributed by atoms with van der Waals surface area (Å²) < 4.78 is 5.88. The summed E-state index contributed by atoms with van der Waals surface area (Å²) in [4.78, 5) is 10.7.